The second-order valence-corrected chi connectivity index (χ2v) is 6.57. The quantitative estimate of drug-likeness (QED) is 0.700. The zero-order chi connectivity index (χ0) is 21.3. The van der Waals surface area contributed by atoms with E-state index in [1.54, 1.807) is 24.3 Å². The molecule has 150 valence electrons. The van der Waals surface area contributed by atoms with E-state index in [-0.39, 0.29) is 12.2 Å². The van der Waals surface area contributed by atoms with E-state index in [1.807, 2.05) is 0 Å². The van der Waals surface area contributed by atoms with E-state index in [9.17, 15) is 27.6 Å². The third-order valence-corrected chi connectivity index (χ3v) is 4.37. The second-order valence-electron chi connectivity index (χ2n) is 6.13. The van der Waals surface area contributed by atoms with E-state index in [4.69, 9.17) is 17.3 Å². The number of aromatic nitrogens is 2. The molecule has 29 heavy (non-hydrogen) atoms. The fourth-order valence-electron chi connectivity index (χ4n) is 2.72. The largest absolute Gasteiger partial charge is 0.416 e. The van der Waals surface area contributed by atoms with Crippen LogP contribution in [-0.2, 0) is 12.7 Å². The molecule has 0 spiro atoms. The number of alkyl halides is 3. The molecular formula is C19H13ClF3N3O3. The summed E-state index contributed by atoms with van der Waals surface area (Å²) in [6.07, 6.45) is -3.69. The Morgan fingerprint density at radius 3 is 2.31 bits per heavy atom. The van der Waals surface area contributed by atoms with Crippen LogP contribution in [0.15, 0.2) is 64.3 Å². The first kappa shape index (κ1) is 20.4. The fraction of sp³-hybridized carbons (Fsp3) is 0.105. The third kappa shape index (κ3) is 4.24. The number of rotatable bonds is 4. The maximum atomic E-state index is 13.0. The Balaban J connectivity index is 2.23. The number of hydrogen-bond donors (Lipinski definition) is 1. The Morgan fingerprint density at radius 2 is 1.72 bits per heavy atom. The minimum Gasteiger partial charge on any atom is -0.365 e. The average molecular weight is 424 g/mol. The second kappa shape index (κ2) is 7.59. The number of halogens is 4. The molecule has 0 saturated carbocycles. The monoisotopic (exact) mass is 423 g/mol. The Labute approximate surface area is 166 Å². The summed E-state index contributed by atoms with van der Waals surface area (Å²) >= 11 is 5.82. The van der Waals surface area contributed by atoms with Crippen molar-refractivity contribution in [1.82, 2.24) is 9.13 Å². The highest BCUT2D eigenvalue weighted by atomic mass is 35.5. The molecule has 0 unspecified atom stereocenters. The van der Waals surface area contributed by atoms with Gasteiger partial charge in [0.2, 0.25) is 0 Å². The van der Waals surface area contributed by atoms with Crippen molar-refractivity contribution in [2.75, 3.05) is 0 Å². The minimum absolute atomic E-state index is 0.0600. The molecule has 0 aliphatic rings. The van der Waals surface area contributed by atoms with Crippen LogP contribution in [-0.4, -0.2) is 15.0 Å². The first-order valence-electron chi connectivity index (χ1n) is 8.16. The molecular weight excluding hydrogens is 411 g/mol. The topological polar surface area (TPSA) is 87.1 Å². The van der Waals surface area contributed by atoms with E-state index >= 15 is 0 Å². The summed E-state index contributed by atoms with van der Waals surface area (Å²) in [5.74, 6) is -1.11. The predicted molar refractivity (Wildman–Crippen MR) is 100 cm³/mol. The van der Waals surface area contributed by atoms with Gasteiger partial charge < -0.3 is 5.73 Å². The summed E-state index contributed by atoms with van der Waals surface area (Å²) < 4.78 is 40.6. The summed E-state index contributed by atoms with van der Waals surface area (Å²) in [5.41, 5.74) is 1.91. The number of nitrogens with zero attached hydrogens (tertiary/aromatic N) is 2. The van der Waals surface area contributed by atoms with Crippen LogP contribution < -0.4 is 17.0 Å². The fourth-order valence-corrected chi connectivity index (χ4v) is 2.85. The zero-order valence-corrected chi connectivity index (χ0v) is 15.4. The van der Waals surface area contributed by atoms with Gasteiger partial charge >= 0.3 is 11.9 Å². The van der Waals surface area contributed by atoms with E-state index in [0.717, 1.165) is 29.0 Å². The molecule has 0 aliphatic carbocycles. The first-order valence-corrected chi connectivity index (χ1v) is 8.54. The molecule has 0 atom stereocenters. The van der Waals surface area contributed by atoms with Gasteiger partial charge in [0.1, 0.15) is 5.56 Å². The van der Waals surface area contributed by atoms with Crippen molar-refractivity contribution in [1.29, 1.82) is 0 Å². The van der Waals surface area contributed by atoms with E-state index in [1.165, 1.54) is 0 Å². The third-order valence-electron chi connectivity index (χ3n) is 4.12. The van der Waals surface area contributed by atoms with Crippen molar-refractivity contribution in [2.24, 2.45) is 5.73 Å². The van der Waals surface area contributed by atoms with Gasteiger partial charge in [-0.25, -0.2) is 9.36 Å². The summed E-state index contributed by atoms with van der Waals surface area (Å²) in [6.45, 7) is -0.0600. The number of hydrogen-bond acceptors (Lipinski definition) is 3. The van der Waals surface area contributed by atoms with E-state index in [0.29, 0.717) is 21.2 Å². The van der Waals surface area contributed by atoms with Gasteiger partial charge in [-0.1, -0.05) is 29.8 Å². The molecule has 6 nitrogen and oxygen atoms in total. The average Bonchev–Trinajstić information content (AvgIpc) is 2.65. The Kier molecular flexibility index (Phi) is 5.34. The van der Waals surface area contributed by atoms with Crippen molar-refractivity contribution >= 4 is 17.5 Å². The normalized spacial score (nSPS) is 11.4. The maximum absolute atomic E-state index is 13.0. The molecule has 3 aromatic rings. The molecule has 1 amide bonds. The van der Waals surface area contributed by atoms with E-state index < -0.39 is 34.5 Å². The maximum Gasteiger partial charge on any atom is 0.416 e. The Bertz CT molecular complexity index is 1200. The number of carbonyl (C=O) groups excluding carboxylic acids is 1. The van der Waals surface area contributed by atoms with Crippen LogP contribution in [0.5, 0.6) is 0 Å². The van der Waals surface area contributed by atoms with Crippen molar-refractivity contribution in [3.05, 3.63) is 97.3 Å². The van der Waals surface area contributed by atoms with Gasteiger partial charge in [-0.2, -0.15) is 13.2 Å². The van der Waals surface area contributed by atoms with Gasteiger partial charge in [-0.05, 0) is 35.9 Å². The number of primary amides is 1. The van der Waals surface area contributed by atoms with Gasteiger partial charge in [0.15, 0.2) is 0 Å². The zero-order valence-electron chi connectivity index (χ0n) is 14.6. The Hall–Kier alpha value is -3.33. The smallest absolute Gasteiger partial charge is 0.365 e. The number of nitrogens with two attached hydrogens (primary N) is 1. The molecule has 2 aromatic carbocycles. The van der Waals surface area contributed by atoms with E-state index in [2.05, 4.69) is 0 Å². The summed E-state index contributed by atoms with van der Waals surface area (Å²) in [6, 6.07) is 10.1. The summed E-state index contributed by atoms with van der Waals surface area (Å²) in [5, 5.41) is 0.466. The standard InChI is InChI=1S/C19H13ClF3N3O3/c20-13-6-4-11(5-7-13)9-25-10-15(16(24)27)17(28)26(18(25)29)14-3-1-2-12(8-14)19(21,22)23/h1-8,10H,9H2,(H2,24,27). The van der Waals surface area contributed by atoms with Crippen LogP contribution in [0.3, 0.4) is 0 Å². The SMILES string of the molecule is NC(=O)c1cn(Cc2ccc(Cl)cc2)c(=O)n(-c2cccc(C(F)(F)F)c2)c1=O. The lowest BCUT2D eigenvalue weighted by atomic mass is 10.2. The molecule has 0 aliphatic heterocycles. The number of benzene rings is 2. The van der Waals surface area contributed by atoms with Crippen LogP contribution in [0.1, 0.15) is 21.5 Å². The predicted octanol–water partition coefficient (Wildman–Crippen LogP) is 2.82. The molecule has 1 aromatic heterocycles. The summed E-state index contributed by atoms with van der Waals surface area (Å²) in [4.78, 5) is 37.1. The van der Waals surface area contributed by atoms with Crippen LogP contribution in [0.25, 0.3) is 5.69 Å². The van der Waals surface area contributed by atoms with Crippen molar-refractivity contribution in [3.63, 3.8) is 0 Å². The molecule has 0 fully saturated rings. The minimum atomic E-state index is -4.68. The number of amides is 1. The molecule has 0 saturated heterocycles. The molecule has 0 bridgehead atoms. The molecule has 2 N–H and O–H groups in total. The van der Waals surface area contributed by atoms with Crippen LogP contribution in [0, 0.1) is 0 Å². The highest BCUT2D eigenvalue weighted by Crippen LogP contribution is 2.29. The van der Waals surface area contributed by atoms with Gasteiger partial charge in [-0.15, -0.1) is 0 Å². The van der Waals surface area contributed by atoms with Gasteiger partial charge in [-0.3, -0.25) is 14.2 Å². The van der Waals surface area contributed by atoms with Crippen LogP contribution in [0.4, 0.5) is 13.2 Å². The van der Waals surface area contributed by atoms with Crippen LogP contribution in [0.2, 0.25) is 5.02 Å². The highest BCUT2D eigenvalue weighted by Gasteiger charge is 2.31. The van der Waals surface area contributed by atoms with Crippen molar-refractivity contribution < 1.29 is 18.0 Å². The lowest BCUT2D eigenvalue weighted by Crippen LogP contribution is -2.42. The molecule has 3 rings (SSSR count). The number of carbonyl (C=O) groups is 1. The van der Waals surface area contributed by atoms with Crippen molar-refractivity contribution in [2.45, 2.75) is 12.7 Å². The van der Waals surface area contributed by atoms with Gasteiger partial charge in [0, 0.05) is 11.2 Å². The molecule has 0 radical (unpaired) electrons. The van der Waals surface area contributed by atoms with Crippen LogP contribution >= 0.6 is 11.6 Å². The van der Waals surface area contributed by atoms with Gasteiger partial charge in [0.25, 0.3) is 11.5 Å². The Morgan fingerprint density at radius 1 is 1.07 bits per heavy atom. The van der Waals surface area contributed by atoms with Gasteiger partial charge in [0.05, 0.1) is 17.8 Å². The highest BCUT2D eigenvalue weighted by molar-refractivity contribution is 6.30. The lowest BCUT2D eigenvalue weighted by molar-refractivity contribution is -0.137. The van der Waals surface area contributed by atoms with Crippen molar-refractivity contribution in [3.8, 4) is 5.69 Å². The first-order chi connectivity index (χ1) is 13.6. The molecule has 1 heterocycles. The molecule has 10 heteroatoms. The lowest BCUT2D eigenvalue weighted by Gasteiger charge is -2.14. The summed E-state index contributed by atoms with van der Waals surface area (Å²) in [7, 11) is 0.